The van der Waals surface area contributed by atoms with E-state index in [4.69, 9.17) is 9.72 Å². The van der Waals surface area contributed by atoms with Gasteiger partial charge in [0.1, 0.15) is 5.75 Å². The fourth-order valence-electron chi connectivity index (χ4n) is 3.32. The Bertz CT molecular complexity index is 913. The van der Waals surface area contributed by atoms with E-state index in [1.807, 2.05) is 66.9 Å². The third-order valence-electron chi connectivity index (χ3n) is 4.66. The van der Waals surface area contributed by atoms with Gasteiger partial charge in [-0.1, -0.05) is 48.5 Å². The summed E-state index contributed by atoms with van der Waals surface area (Å²) in [7, 11) is 0. The highest BCUT2D eigenvalue weighted by atomic mass is 16.5. The first-order chi connectivity index (χ1) is 13.3. The molecule has 1 amide bonds. The standard InChI is InChI=1S/C22H21N3O2/c26-21(15-27-17-10-5-2-6-11-17)24-19-12-7-13-20-18(19)14-23-22(25-20)16-8-3-1-4-9-16/h1-6,8-11,14,19H,7,12-13,15H2,(H,24,26)/t19-/m0/s1. The van der Waals surface area contributed by atoms with E-state index in [1.54, 1.807) is 0 Å². The Morgan fingerprint density at radius 1 is 1.07 bits per heavy atom. The number of fused-ring (bicyclic) bond motifs is 1. The largest absolute Gasteiger partial charge is 0.484 e. The molecule has 27 heavy (non-hydrogen) atoms. The van der Waals surface area contributed by atoms with Gasteiger partial charge in [0.15, 0.2) is 12.4 Å². The lowest BCUT2D eigenvalue weighted by Crippen LogP contribution is -2.34. The molecule has 136 valence electrons. The van der Waals surface area contributed by atoms with Gasteiger partial charge in [-0.3, -0.25) is 4.79 Å². The molecule has 0 saturated heterocycles. The lowest BCUT2D eigenvalue weighted by molar-refractivity contribution is -0.124. The second kappa shape index (κ2) is 7.99. The monoisotopic (exact) mass is 359 g/mol. The van der Waals surface area contributed by atoms with Crippen molar-refractivity contribution in [2.24, 2.45) is 0 Å². The molecule has 1 N–H and O–H groups in total. The number of hydrogen-bond acceptors (Lipinski definition) is 4. The Kier molecular flexibility index (Phi) is 5.10. The highest BCUT2D eigenvalue weighted by molar-refractivity contribution is 5.78. The van der Waals surface area contributed by atoms with Crippen molar-refractivity contribution < 1.29 is 9.53 Å². The van der Waals surface area contributed by atoms with E-state index in [0.29, 0.717) is 5.75 Å². The Morgan fingerprint density at radius 3 is 2.59 bits per heavy atom. The van der Waals surface area contributed by atoms with E-state index in [9.17, 15) is 4.79 Å². The van der Waals surface area contributed by atoms with Crippen LogP contribution in [0.5, 0.6) is 5.75 Å². The molecule has 5 heteroatoms. The van der Waals surface area contributed by atoms with Gasteiger partial charge in [0.05, 0.1) is 6.04 Å². The van der Waals surface area contributed by atoms with Gasteiger partial charge in [0, 0.05) is 23.0 Å². The normalized spacial score (nSPS) is 15.6. The number of aromatic nitrogens is 2. The predicted molar refractivity (Wildman–Crippen MR) is 103 cm³/mol. The number of aryl methyl sites for hydroxylation is 1. The van der Waals surface area contributed by atoms with E-state index < -0.39 is 0 Å². The highest BCUT2D eigenvalue weighted by Gasteiger charge is 2.24. The van der Waals surface area contributed by atoms with Crippen LogP contribution < -0.4 is 10.1 Å². The maximum Gasteiger partial charge on any atom is 0.258 e. The topological polar surface area (TPSA) is 64.1 Å². The van der Waals surface area contributed by atoms with Gasteiger partial charge in [-0.25, -0.2) is 9.97 Å². The van der Waals surface area contributed by atoms with Crippen LogP contribution >= 0.6 is 0 Å². The average molecular weight is 359 g/mol. The molecule has 4 rings (SSSR count). The molecule has 1 aliphatic carbocycles. The van der Waals surface area contributed by atoms with E-state index in [-0.39, 0.29) is 18.6 Å². The van der Waals surface area contributed by atoms with Crippen molar-refractivity contribution in [1.82, 2.24) is 15.3 Å². The van der Waals surface area contributed by atoms with E-state index in [2.05, 4.69) is 10.3 Å². The minimum atomic E-state index is -0.135. The van der Waals surface area contributed by atoms with Gasteiger partial charge in [0.25, 0.3) is 5.91 Å². The number of carbonyl (C=O) groups excluding carboxylic acids is 1. The molecule has 0 radical (unpaired) electrons. The average Bonchev–Trinajstić information content (AvgIpc) is 2.73. The lowest BCUT2D eigenvalue weighted by atomic mass is 9.92. The number of rotatable bonds is 5. The van der Waals surface area contributed by atoms with Crippen LogP contribution in [0.25, 0.3) is 11.4 Å². The second-order valence-electron chi connectivity index (χ2n) is 6.58. The quantitative estimate of drug-likeness (QED) is 0.754. The smallest absolute Gasteiger partial charge is 0.258 e. The van der Waals surface area contributed by atoms with Crippen LogP contribution in [0.4, 0.5) is 0 Å². The molecular formula is C22H21N3O2. The first-order valence-corrected chi connectivity index (χ1v) is 9.18. The number of benzene rings is 2. The number of carbonyl (C=O) groups is 1. The molecule has 0 unspecified atom stereocenters. The van der Waals surface area contributed by atoms with Crippen molar-refractivity contribution in [3.8, 4) is 17.1 Å². The van der Waals surface area contributed by atoms with Gasteiger partial charge in [-0.05, 0) is 31.4 Å². The molecule has 0 aliphatic heterocycles. The summed E-state index contributed by atoms with van der Waals surface area (Å²) in [5.41, 5.74) is 3.03. The maximum atomic E-state index is 12.3. The summed E-state index contributed by atoms with van der Waals surface area (Å²) in [6.07, 6.45) is 4.64. The van der Waals surface area contributed by atoms with E-state index >= 15 is 0 Å². The molecular weight excluding hydrogens is 338 g/mol. The third-order valence-corrected chi connectivity index (χ3v) is 4.66. The van der Waals surface area contributed by atoms with Crippen molar-refractivity contribution in [1.29, 1.82) is 0 Å². The van der Waals surface area contributed by atoms with Crippen LogP contribution in [0.3, 0.4) is 0 Å². The molecule has 0 spiro atoms. The molecule has 1 atom stereocenters. The van der Waals surface area contributed by atoms with E-state index in [0.717, 1.165) is 41.9 Å². The Hall–Kier alpha value is -3.21. The summed E-state index contributed by atoms with van der Waals surface area (Å²) < 4.78 is 5.53. The van der Waals surface area contributed by atoms with Crippen LogP contribution in [-0.4, -0.2) is 22.5 Å². The molecule has 1 heterocycles. The third kappa shape index (κ3) is 4.14. The van der Waals surface area contributed by atoms with Gasteiger partial charge in [0.2, 0.25) is 0 Å². The predicted octanol–water partition coefficient (Wildman–Crippen LogP) is 3.72. The van der Waals surface area contributed by atoms with Gasteiger partial charge < -0.3 is 10.1 Å². The maximum absolute atomic E-state index is 12.3. The zero-order chi connectivity index (χ0) is 18.5. The number of nitrogens with zero attached hydrogens (tertiary/aromatic N) is 2. The molecule has 3 aromatic rings. The zero-order valence-corrected chi connectivity index (χ0v) is 15.0. The summed E-state index contributed by atoms with van der Waals surface area (Å²) in [5, 5.41) is 3.06. The fraction of sp³-hybridized carbons (Fsp3) is 0.227. The Balaban J connectivity index is 1.44. The Labute approximate surface area is 158 Å². The summed E-state index contributed by atoms with van der Waals surface area (Å²) in [4.78, 5) is 21.6. The SMILES string of the molecule is O=C(COc1ccccc1)N[C@H]1CCCc2nc(-c3ccccc3)ncc21. The van der Waals surface area contributed by atoms with Crippen LogP contribution in [0.2, 0.25) is 0 Å². The van der Waals surface area contributed by atoms with Gasteiger partial charge in [-0.2, -0.15) is 0 Å². The first kappa shape index (κ1) is 17.2. The lowest BCUT2D eigenvalue weighted by Gasteiger charge is -2.25. The number of amides is 1. The van der Waals surface area contributed by atoms with Crippen LogP contribution in [0.15, 0.2) is 66.9 Å². The number of hydrogen-bond donors (Lipinski definition) is 1. The molecule has 0 bridgehead atoms. The van der Waals surface area contributed by atoms with Crippen molar-refractivity contribution in [2.75, 3.05) is 6.61 Å². The highest BCUT2D eigenvalue weighted by Crippen LogP contribution is 2.29. The Morgan fingerprint density at radius 2 is 1.81 bits per heavy atom. The van der Waals surface area contributed by atoms with Crippen LogP contribution in [0, 0.1) is 0 Å². The molecule has 1 aromatic heterocycles. The number of nitrogens with one attached hydrogen (secondary N) is 1. The summed E-state index contributed by atoms with van der Waals surface area (Å²) in [6, 6.07) is 19.2. The van der Waals surface area contributed by atoms with Crippen molar-refractivity contribution >= 4 is 5.91 Å². The summed E-state index contributed by atoms with van der Waals surface area (Å²) in [5.74, 6) is 1.28. The van der Waals surface area contributed by atoms with Crippen molar-refractivity contribution in [2.45, 2.75) is 25.3 Å². The number of para-hydroxylation sites is 1. The van der Waals surface area contributed by atoms with Crippen molar-refractivity contribution in [3.05, 3.63) is 78.1 Å². The minimum absolute atomic E-state index is 0.00119. The number of ether oxygens (including phenoxy) is 1. The fourth-order valence-corrected chi connectivity index (χ4v) is 3.32. The summed E-state index contributed by atoms with van der Waals surface area (Å²) in [6.45, 7) is -0.00119. The zero-order valence-electron chi connectivity index (χ0n) is 15.0. The minimum Gasteiger partial charge on any atom is -0.484 e. The van der Waals surface area contributed by atoms with Gasteiger partial charge >= 0.3 is 0 Å². The summed E-state index contributed by atoms with van der Waals surface area (Å²) >= 11 is 0. The molecule has 5 nitrogen and oxygen atoms in total. The molecule has 2 aromatic carbocycles. The van der Waals surface area contributed by atoms with Gasteiger partial charge in [-0.15, -0.1) is 0 Å². The first-order valence-electron chi connectivity index (χ1n) is 9.18. The molecule has 0 fully saturated rings. The van der Waals surface area contributed by atoms with E-state index in [1.165, 1.54) is 0 Å². The molecule has 1 aliphatic rings. The van der Waals surface area contributed by atoms with Crippen molar-refractivity contribution in [3.63, 3.8) is 0 Å². The second-order valence-corrected chi connectivity index (χ2v) is 6.58. The van der Waals surface area contributed by atoms with Crippen LogP contribution in [-0.2, 0) is 11.2 Å². The molecule has 0 saturated carbocycles. The van der Waals surface area contributed by atoms with Crippen LogP contribution in [0.1, 0.15) is 30.1 Å².